The van der Waals surface area contributed by atoms with E-state index in [0.29, 0.717) is 19.0 Å². The summed E-state index contributed by atoms with van der Waals surface area (Å²) in [5.74, 6) is 0.468. The van der Waals surface area contributed by atoms with E-state index < -0.39 is 6.09 Å². The van der Waals surface area contributed by atoms with Crippen molar-refractivity contribution in [3.8, 4) is 5.75 Å². The molecule has 1 aliphatic rings. The van der Waals surface area contributed by atoms with Crippen LogP contribution in [0.4, 0.5) is 4.79 Å². The van der Waals surface area contributed by atoms with E-state index in [1.165, 1.54) is 7.05 Å². The minimum absolute atomic E-state index is 0.353. The van der Waals surface area contributed by atoms with Gasteiger partial charge in [-0.25, -0.2) is 4.79 Å². The molecule has 1 N–H and O–H groups in total. The lowest BCUT2D eigenvalue weighted by Crippen LogP contribution is -2.22. The maximum Gasteiger partial charge on any atom is 0.412 e. The van der Waals surface area contributed by atoms with E-state index in [-0.39, 0.29) is 6.29 Å². The molecule has 1 fully saturated rings. The standard InChI is InChI=1S/C11H13NO4/c1-12-11(13)16-9-4-2-3-8(7-9)10-14-5-6-15-10/h2-4,7,10H,5-6H2,1H3,(H,12,13). The Morgan fingerprint density at radius 1 is 1.44 bits per heavy atom. The lowest BCUT2D eigenvalue weighted by molar-refractivity contribution is -0.0442. The summed E-state index contributed by atoms with van der Waals surface area (Å²) in [4.78, 5) is 11.0. The fraction of sp³-hybridized carbons (Fsp3) is 0.364. The molecule has 0 aromatic heterocycles. The molecule has 0 aliphatic carbocycles. The smallest absolute Gasteiger partial charge is 0.410 e. The summed E-state index contributed by atoms with van der Waals surface area (Å²) in [6.45, 7) is 1.18. The van der Waals surface area contributed by atoms with Crippen molar-refractivity contribution in [1.29, 1.82) is 0 Å². The third-order valence-electron chi connectivity index (χ3n) is 2.17. The van der Waals surface area contributed by atoms with Crippen LogP contribution in [0, 0.1) is 0 Å². The molecule has 0 unspecified atom stereocenters. The molecule has 1 aromatic carbocycles. The molecule has 0 bridgehead atoms. The Labute approximate surface area is 93.3 Å². The van der Waals surface area contributed by atoms with Crippen LogP contribution in [0.2, 0.25) is 0 Å². The summed E-state index contributed by atoms with van der Waals surface area (Å²) in [5, 5.41) is 2.38. The molecule has 5 heteroatoms. The third-order valence-corrected chi connectivity index (χ3v) is 2.17. The summed E-state index contributed by atoms with van der Waals surface area (Å²) >= 11 is 0. The predicted octanol–water partition coefficient (Wildman–Crippen LogP) is 1.45. The normalized spacial score (nSPS) is 16.1. The van der Waals surface area contributed by atoms with E-state index in [2.05, 4.69) is 5.32 Å². The zero-order valence-corrected chi connectivity index (χ0v) is 8.93. The summed E-state index contributed by atoms with van der Waals surface area (Å²) < 4.78 is 15.7. The first-order valence-electron chi connectivity index (χ1n) is 5.02. The Morgan fingerprint density at radius 3 is 2.88 bits per heavy atom. The Balaban J connectivity index is 2.09. The molecule has 0 spiro atoms. The van der Waals surface area contributed by atoms with Crippen molar-refractivity contribution in [2.45, 2.75) is 6.29 Å². The molecule has 0 saturated carbocycles. The minimum atomic E-state index is -0.495. The van der Waals surface area contributed by atoms with Gasteiger partial charge in [-0.2, -0.15) is 0 Å². The van der Waals surface area contributed by atoms with Crippen molar-refractivity contribution in [2.75, 3.05) is 20.3 Å². The fourth-order valence-electron chi connectivity index (χ4n) is 1.43. The van der Waals surface area contributed by atoms with Gasteiger partial charge in [0.1, 0.15) is 5.75 Å². The van der Waals surface area contributed by atoms with Gasteiger partial charge in [-0.15, -0.1) is 0 Å². The molecule has 5 nitrogen and oxygen atoms in total. The van der Waals surface area contributed by atoms with E-state index in [1.807, 2.05) is 6.07 Å². The van der Waals surface area contributed by atoms with Crippen LogP contribution in [0.3, 0.4) is 0 Å². The molecular weight excluding hydrogens is 210 g/mol. The van der Waals surface area contributed by atoms with Crippen LogP contribution in [0.1, 0.15) is 11.9 Å². The van der Waals surface area contributed by atoms with Crippen LogP contribution in [-0.4, -0.2) is 26.4 Å². The van der Waals surface area contributed by atoms with Gasteiger partial charge in [0.25, 0.3) is 0 Å². The number of amides is 1. The van der Waals surface area contributed by atoms with Crippen molar-refractivity contribution < 1.29 is 19.0 Å². The van der Waals surface area contributed by atoms with Crippen LogP contribution in [0.25, 0.3) is 0 Å². The van der Waals surface area contributed by atoms with Crippen molar-refractivity contribution >= 4 is 6.09 Å². The Bertz CT molecular complexity index is 374. The Kier molecular flexibility index (Phi) is 3.38. The molecular formula is C11H13NO4. The maximum atomic E-state index is 11.0. The first-order chi connectivity index (χ1) is 7.79. The lowest BCUT2D eigenvalue weighted by atomic mass is 10.2. The summed E-state index contributed by atoms with van der Waals surface area (Å²) in [6.07, 6.45) is -0.848. The second-order valence-corrected chi connectivity index (χ2v) is 3.29. The van der Waals surface area contributed by atoms with Gasteiger partial charge in [-0.1, -0.05) is 12.1 Å². The van der Waals surface area contributed by atoms with Gasteiger partial charge < -0.3 is 19.5 Å². The van der Waals surface area contributed by atoms with Crippen LogP contribution < -0.4 is 10.1 Å². The minimum Gasteiger partial charge on any atom is -0.410 e. The first-order valence-corrected chi connectivity index (χ1v) is 5.02. The van der Waals surface area contributed by atoms with Gasteiger partial charge >= 0.3 is 6.09 Å². The molecule has 1 heterocycles. The van der Waals surface area contributed by atoms with Gasteiger partial charge in [0, 0.05) is 12.6 Å². The van der Waals surface area contributed by atoms with Gasteiger partial charge in [0.05, 0.1) is 13.2 Å². The topological polar surface area (TPSA) is 56.8 Å². The number of hydrogen-bond acceptors (Lipinski definition) is 4. The summed E-state index contributed by atoms with van der Waals surface area (Å²) in [5.41, 5.74) is 0.846. The average Bonchev–Trinajstić information content (AvgIpc) is 2.83. The largest absolute Gasteiger partial charge is 0.412 e. The van der Waals surface area contributed by atoms with E-state index in [4.69, 9.17) is 14.2 Å². The number of nitrogens with one attached hydrogen (secondary N) is 1. The number of carbonyl (C=O) groups is 1. The van der Waals surface area contributed by atoms with Crippen molar-refractivity contribution in [3.63, 3.8) is 0 Å². The van der Waals surface area contributed by atoms with Gasteiger partial charge in [-0.3, -0.25) is 0 Å². The lowest BCUT2D eigenvalue weighted by Gasteiger charge is -2.10. The number of ether oxygens (including phenoxy) is 3. The molecule has 1 aromatic rings. The molecule has 0 atom stereocenters. The number of rotatable bonds is 2. The summed E-state index contributed by atoms with van der Waals surface area (Å²) in [7, 11) is 1.51. The molecule has 1 aliphatic heterocycles. The molecule has 2 rings (SSSR count). The van der Waals surface area contributed by atoms with E-state index in [0.717, 1.165) is 5.56 Å². The highest BCUT2D eigenvalue weighted by Crippen LogP contribution is 2.26. The molecule has 86 valence electrons. The highest BCUT2D eigenvalue weighted by molar-refractivity contribution is 5.69. The van der Waals surface area contributed by atoms with Gasteiger partial charge in [-0.05, 0) is 12.1 Å². The van der Waals surface area contributed by atoms with Gasteiger partial charge in [0.15, 0.2) is 6.29 Å². The van der Waals surface area contributed by atoms with E-state index >= 15 is 0 Å². The highest BCUT2D eigenvalue weighted by atomic mass is 16.7. The Hall–Kier alpha value is -1.59. The first kappa shape index (κ1) is 10.9. The zero-order valence-electron chi connectivity index (χ0n) is 8.93. The predicted molar refractivity (Wildman–Crippen MR) is 56.2 cm³/mol. The van der Waals surface area contributed by atoms with Crippen molar-refractivity contribution in [2.24, 2.45) is 0 Å². The fourth-order valence-corrected chi connectivity index (χ4v) is 1.43. The monoisotopic (exact) mass is 223 g/mol. The van der Waals surface area contributed by atoms with Crippen LogP contribution >= 0.6 is 0 Å². The van der Waals surface area contributed by atoms with Gasteiger partial charge in [0.2, 0.25) is 0 Å². The SMILES string of the molecule is CNC(=O)Oc1cccc(C2OCCO2)c1. The maximum absolute atomic E-state index is 11.0. The third kappa shape index (κ3) is 2.50. The number of carbonyl (C=O) groups excluding carboxylic acids is 1. The molecule has 1 saturated heterocycles. The van der Waals surface area contributed by atoms with Crippen molar-refractivity contribution in [1.82, 2.24) is 5.32 Å². The number of hydrogen-bond donors (Lipinski definition) is 1. The second-order valence-electron chi connectivity index (χ2n) is 3.29. The van der Waals surface area contributed by atoms with E-state index in [1.54, 1.807) is 18.2 Å². The molecule has 0 radical (unpaired) electrons. The zero-order chi connectivity index (χ0) is 11.4. The van der Waals surface area contributed by atoms with Crippen LogP contribution in [0.15, 0.2) is 24.3 Å². The molecule has 16 heavy (non-hydrogen) atoms. The quantitative estimate of drug-likeness (QED) is 0.824. The number of benzene rings is 1. The average molecular weight is 223 g/mol. The summed E-state index contributed by atoms with van der Waals surface area (Å²) in [6, 6.07) is 7.09. The molecule has 1 amide bonds. The highest BCUT2D eigenvalue weighted by Gasteiger charge is 2.18. The van der Waals surface area contributed by atoms with Crippen molar-refractivity contribution in [3.05, 3.63) is 29.8 Å². The Morgan fingerprint density at radius 2 is 2.19 bits per heavy atom. The van der Waals surface area contributed by atoms with Crippen LogP contribution in [-0.2, 0) is 9.47 Å². The van der Waals surface area contributed by atoms with E-state index in [9.17, 15) is 4.79 Å². The van der Waals surface area contributed by atoms with Crippen LogP contribution in [0.5, 0.6) is 5.75 Å². The second kappa shape index (κ2) is 4.96.